The number of fused-ring (bicyclic) bond motifs is 1. The highest BCUT2D eigenvalue weighted by molar-refractivity contribution is 6.74. The molecule has 2 fully saturated rings. The Labute approximate surface area is 201 Å². The van der Waals surface area contributed by atoms with E-state index in [2.05, 4.69) is 77.8 Å². The second-order valence-electron chi connectivity index (χ2n) is 12.8. The molecule has 2 aliphatic heterocycles. The van der Waals surface area contributed by atoms with E-state index in [0.29, 0.717) is 0 Å². The predicted octanol–water partition coefficient (Wildman–Crippen LogP) is 5.32. The molecule has 0 amide bonds. The van der Waals surface area contributed by atoms with E-state index in [1.807, 2.05) is 13.8 Å². The van der Waals surface area contributed by atoms with Crippen molar-refractivity contribution < 1.29 is 28.2 Å². The van der Waals surface area contributed by atoms with E-state index in [1.54, 1.807) is 0 Å². The molecule has 0 radical (unpaired) electrons. The molecule has 0 spiro atoms. The van der Waals surface area contributed by atoms with Gasteiger partial charge in [0, 0.05) is 4.91 Å². The van der Waals surface area contributed by atoms with Crippen molar-refractivity contribution in [2.45, 2.75) is 128 Å². The van der Waals surface area contributed by atoms with Gasteiger partial charge in [0.05, 0.1) is 19.3 Å². The molecule has 2 saturated heterocycles. The summed E-state index contributed by atoms with van der Waals surface area (Å²) in [6.45, 7) is 25.3. The van der Waals surface area contributed by atoms with Crippen LogP contribution in [0.25, 0.3) is 10.4 Å². The van der Waals surface area contributed by atoms with Crippen LogP contribution in [0.4, 0.5) is 0 Å². The van der Waals surface area contributed by atoms with Gasteiger partial charge < -0.3 is 28.2 Å². The van der Waals surface area contributed by atoms with Gasteiger partial charge in [-0.2, -0.15) is 0 Å². The molecule has 0 aliphatic carbocycles. The lowest BCUT2D eigenvalue weighted by atomic mass is 9.94. The minimum Gasteiger partial charge on any atom is -0.414 e. The zero-order valence-corrected chi connectivity index (χ0v) is 24.6. The van der Waals surface area contributed by atoms with Crippen LogP contribution in [0.3, 0.4) is 0 Å². The number of azide groups is 1. The molecule has 0 saturated carbocycles. The van der Waals surface area contributed by atoms with Crippen LogP contribution in [0.2, 0.25) is 36.3 Å². The fourth-order valence-corrected chi connectivity index (χ4v) is 6.01. The fourth-order valence-electron chi connectivity index (χ4n) is 3.67. The fraction of sp³-hybridized carbons (Fsp3) is 1.00. The van der Waals surface area contributed by atoms with Gasteiger partial charge in [0.1, 0.15) is 12.2 Å². The Hall–Kier alpha value is -0.496. The Bertz CT molecular complexity index is 758. The van der Waals surface area contributed by atoms with Crippen molar-refractivity contribution in [1.29, 1.82) is 0 Å². The molecular weight excluding hydrogens is 458 g/mol. The maximum Gasteiger partial charge on any atom is 0.192 e. The number of ether oxygens (including phenoxy) is 3. The third-order valence-corrected chi connectivity index (χ3v) is 16.7. The minimum atomic E-state index is -2.25. The normalized spacial score (nSPS) is 31.2. The number of hydrogen-bond donors (Lipinski definition) is 1. The third kappa shape index (κ3) is 5.84. The number of aliphatic hydroxyl groups is 1. The second-order valence-corrected chi connectivity index (χ2v) is 22.4. The summed E-state index contributed by atoms with van der Waals surface area (Å²) in [5.74, 6) is -0.940. The number of aliphatic hydroxyl groups excluding tert-OH is 1. The molecule has 11 heteroatoms. The molecule has 9 nitrogen and oxygen atoms in total. The highest BCUT2D eigenvalue weighted by Crippen LogP contribution is 2.49. The standard InChI is InChI=1S/C22H45N3O6Si2/c1-19(2,3)32(9,10)27-14-22-17(29-21(7,8)31-22)16(28-18(22)26)15(13-24-25-23)30-33(11,12)20(4,5)6/h15-18,26H,13-14H2,1-12H3/t15-,16-,17+,18?,22+/m1/s1. The van der Waals surface area contributed by atoms with Gasteiger partial charge in [0.25, 0.3) is 0 Å². The van der Waals surface area contributed by atoms with Crippen molar-refractivity contribution in [3.05, 3.63) is 10.4 Å². The first kappa shape index (κ1) is 28.7. The summed E-state index contributed by atoms with van der Waals surface area (Å²) in [4.78, 5) is 2.94. The Morgan fingerprint density at radius 2 is 1.61 bits per heavy atom. The van der Waals surface area contributed by atoms with Gasteiger partial charge in [-0.3, -0.25) is 0 Å². The van der Waals surface area contributed by atoms with Crippen LogP contribution in [0.15, 0.2) is 5.11 Å². The molecule has 1 N–H and O–H groups in total. The van der Waals surface area contributed by atoms with E-state index in [-0.39, 0.29) is 23.2 Å². The number of rotatable bonds is 8. The molecule has 2 heterocycles. The molecule has 1 unspecified atom stereocenters. The Morgan fingerprint density at radius 1 is 1.06 bits per heavy atom. The van der Waals surface area contributed by atoms with Crippen molar-refractivity contribution in [2.24, 2.45) is 5.11 Å². The summed E-state index contributed by atoms with van der Waals surface area (Å²) in [6, 6.07) is 0. The van der Waals surface area contributed by atoms with Gasteiger partial charge in [-0.25, -0.2) is 0 Å². The van der Waals surface area contributed by atoms with Gasteiger partial charge >= 0.3 is 0 Å². The molecule has 0 aromatic rings. The van der Waals surface area contributed by atoms with E-state index in [0.717, 1.165) is 0 Å². The van der Waals surface area contributed by atoms with Crippen LogP contribution in [-0.2, 0) is 23.1 Å². The Morgan fingerprint density at radius 3 is 2.09 bits per heavy atom. The van der Waals surface area contributed by atoms with Crippen LogP contribution in [-0.4, -0.2) is 70.9 Å². The Balaban J connectivity index is 2.41. The Kier molecular flexibility index (Phi) is 8.00. The third-order valence-electron chi connectivity index (χ3n) is 7.74. The molecule has 2 rings (SSSR count). The van der Waals surface area contributed by atoms with E-state index in [4.69, 9.17) is 28.6 Å². The van der Waals surface area contributed by atoms with Crippen LogP contribution < -0.4 is 0 Å². The van der Waals surface area contributed by atoms with Gasteiger partial charge in [-0.15, -0.1) is 0 Å². The molecule has 192 valence electrons. The zero-order chi connectivity index (χ0) is 25.7. The van der Waals surface area contributed by atoms with Crippen molar-refractivity contribution in [1.82, 2.24) is 0 Å². The maximum absolute atomic E-state index is 11.1. The molecule has 2 aliphatic rings. The van der Waals surface area contributed by atoms with Crippen molar-refractivity contribution in [3.8, 4) is 0 Å². The predicted molar refractivity (Wildman–Crippen MR) is 133 cm³/mol. The summed E-state index contributed by atoms with van der Waals surface area (Å²) < 4.78 is 31.8. The average Bonchev–Trinajstić information content (AvgIpc) is 3.04. The zero-order valence-electron chi connectivity index (χ0n) is 22.6. The average molecular weight is 504 g/mol. The van der Waals surface area contributed by atoms with Crippen molar-refractivity contribution in [2.75, 3.05) is 13.2 Å². The lowest BCUT2D eigenvalue weighted by Crippen LogP contribution is -2.56. The summed E-state index contributed by atoms with van der Waals surface area (Å²) in [7, 11) is -4.39. The van der Waals surface area contributed by atoms with Crippen molar-refractivity contribution >= 4 is 16.6 Å². The lowest BCUT2D eigenvalue weighted by Gasteiger charge is -2.41. The first-order valence-corrected chi connectivity index (χ1v) is 17.5. The van der Waals surface area contributed by atoms with E-state index in [1.165, 1.54) is 0 Å². The van der Waals surface area contributed by atoms with E-state index < -0.39 is 52.6 Å². The van der Waals surface area contributed by atoms with Crippen LogP contribution in [0, 0.1) is 0 Å². The number of nitrogens with zero attached hydrogens (tertiary/aromatic N) is 3. The van der Waals surface area contributed by atoms with Gasteiger partial charge in [-0.05, 0) is 55.6 Å². The van der Waals surface area contributed by atoms with Gasteiger partial charge in [0.2, 0.25) is 0 Å². The highest BCUT2D eigenvalue weighted by Gasteiger charge is 2.68. The SMILES string of the molecule is CC1(C)O[C@H]2[C@@H]([C@@H](CN=[N+]=[N-])O[Si](C)(C)C(C)(C)C)OC(O)[C@@]2(CO[Si](C)(C)C(C)(C)C)O1. The second kappa shape index (κ2) is 9.18. The quantitative estimate of drug-likeness (QED) is 0.207. The molecule has 0 bridgehead atoms. The lowest BCUT2D eigenvalue weighted by molar-refractivity contribution is -0.256. The largest absolute Gasteiger partial charge is 0.414 e. The monoisotopic (exact) mass is 503 g/mol. The molecule has 5 atom stereocenters. The highest BCUT2D eigenvalue weighted by atomic mass is 28.4. The van der Waals surface area contributed by atoms with E-state index in [9.17, 15) is 5.11 Å². The minimum absolute atomic E-state index is 0.00653. The van der Waals surface area contributed by atoms with Crippen LogP contribution >= 0.6 is 0 Å². The molecule has 0 aromatic carbocycles. The summed E-state index contributed by atoms with van der Waals surface area (Å²) in [6.07, 6.45) is -3.18. The summed E-state index contributed by atoms with van der Waals surface area (Å²) >= 11 is 0. The van der Waals surface area contributed by atoms with Gasteiger partial charge in [0.15, 0.2) is 34.3 Å². The molecule has 0 aromatic heterocycles. The summed E-state index contributed by atoms with van der Waals surface area (Å²) in [5, 5.41) is 14.9. The van der Waals surface area contributed by atoms with Crippen LogP contribution in [0.5, 0.6) is 0 Å². The smallest absolute Gasteiger partial charge is 0.192 e. The topological polar surface area (TPSA) is 115 Å². The number of hydrogen-bond acceptors (Lipinski definition) is 7. The first-order valence-electron chi connectivity index (χ1n) is 11.7. The van der Waals surface area contributed by atoms with Gasteiger partial charge in [-0.1, -0.05) is 46.7 Å². The van der Waals surface area contributed by atoms with E-state index >= 15 is 0 Å². The summed E-state index contributed by atoms with van der Waals surface area (Å²) in [5.41, 5.74) is 7.79. The van der Waals surface area contributed by atoms with Crippen LogP contribution in [0.1, 0.15) is 55.4 Å². The molecular formula is C22H45N3O6Si2. The molecule has 33 heavy (non-hydrogen) atoms. The first-order chi connectivity index (χ1) is 14.7. The van der Waals surface area contributed by atoms with Crippen molar-refractivity contribution in [3.63, 3.8) is 0 Å². The maximum atomic E-state index is 11.1.